The highest BCUT2D eigenvalue weighted by Gasteiger charge is 2.27. The van der Waals surface area contributed by atoms with Crippen LogP contribution in [0.1, 0.15) is 0 Å². The zero-order valence-electron chi connectivity index (χ0n) is 6.83. The molecule has 64 valence electrons. The molecule has 1 aromatic carbocycles. The second-order valence-electron chi connectivity index (χ2n) is 2.64. The largest absolute Gasteiger partial charge is 0.331 e. The Balaban J connectivity index is 3.03. The van der Waals surface area contributed by atoms with Crippen molar-refractivity contribution in [2.24, 2.45) is 5.73 Å². The fraction of sp³-hybridized carbons (Fsp3) is 0.111. The van der Waals surface area contributed by atoms with Gasteiger partial charge in [-0.1, -0.05) is 36.0 Å². The maximum atomic E-state index is 6.33. The van der Waals surface area contributed by atoms with Crippen molar-refractivity contribution in [2.75, 3.05) is 6.17 Å². The predicted octanol–water partition coefficient (Wildman–Crippen LogP) is 1.30. The van der Waals surface area contributed by atoms with Crippen LogP contribution in [-0.2, 0) is 0 Å². The number of halogens is 1. The Morgan fingerprint density at radius 3 is 2.42 bits per heavy atom. The number of benzene rings is 1. The van der Waals surface area contributed by atoms with E-state index in [9.17, 15) is 0 Å². The van der Waals surface area contributed by atoms with Crippen molar-refractivity contribution in [1.82, 2.24) is 0 Å². The molecule has 2 N–H and O–H groups in total. The first kappa shape index (κ1) is 9.51. The van der Waals surface area contributed by atoms with Crippen LogP contribution in [0.5, 0.6) is 0 Å². The molecule has 1 atom stereocenters. The molecule has 0 radical (unpaired) electrons. The van der Waals surface area contributed by atoms with Gasteiger partial charge in [0.25, 0.3) is 0 Å². The van der Waals surface area contributed by atoms with E-state index < -0.39 is 7.38 Å². The minimum atomic E-state index is -2.06. The molecule has 0 heterocycles. The molecular formula is C9H12ClNSi. The van der Waals surface area contributed by atoms with E-state index in [0.717, 1.165) is 5.19 Å². The molecular weight excluding hydrogens is 186 g/mol. The highest BCUT2D eigenvalue weighted by molar-refractivity contribution is 7.30. The van der Waals surface area contributed by atoms with Gasteiger partial charge in [-0.2, -0.15) is 11.1 Å². The van der Waals surface area contributed by atoms with Crippen molar-refractivity contribution >= 4 is 23.6 Å². The molecule has 1 nitrogen and oxygen atoms in total. The van der Waals surface area contributed by atoms with Crippen molar-refractivity contribution in [3.8, 4) is 0 Å². The molecule has 0 spiro atoms. The van der Waals surface area contributed by atoms with E-state index in [2.05, 4.69) is 6.58 Å². The second kappa shape index (κ2) is 3.89. The van der Waals surface area contributed by atoms with E-state index in [0.29, 0.717) is 6.17 Å². The monoisotopic (exact) mass is 197 g/mol. The summed E-state index contributed by atoms with van der Waals surface area (Å²) in [5, 5.41) is 1.13. The number of hydrogen-bond donors (Lipinski definition) is 1. The Morgan fingerprint density at radius 1 is 1.42 bits per heavy atom. The van der Waals surface area contributed by atoms with E-state index >= 15 is 0 Å². The fourth-order valence-electron chi connectivity index (χ4n) is 1.03. The van der Waals surface area contributed by atoms with Gasteiger partial charge in [-0.05, 0) is 5.19 Å². The molecule has 0 aliphatic rings. The maximum absolute atomic E-state index is 6.33. The number of nitrogens with two attached hydrogens (primary N) is 1. The topological polar surface area (TPSA) is 26.0 Å². The number of hydrogen-bond acceptors (Lipinski definition) is 1. The molecule has 0 aromatic heterocycles. The lowest BCUT2D eigenvalue weighted by Gasteiger charge is -2.17. The summed E-state index contributed by atoms with van der Waals surface area (Å²) in [6.07, 6.45) is 0.502. The first-order valence-corrected chi connectivity index (χ1v) is 7.10. The van der Waals surface area contributed by atoms with Crippen molar-refractivity contribution < 1.29 is 0 Å². The lowest BCUT2D eigenvalue weighted by molar-refractivity contribution is 1.34. The summed E-state index contributed by atoms with van der Waals surface area (Å²) in [7, 11) is -2.06. The van der Waals surface area contributed by atoms with Gasteiger partial charge in [0.15, 0.2) is 0 Å². The van der Waals surface area contributed by atoms with Crippen molar-refractivity contribution in [2.45, 2.75) is 0 Å². The summed E-state index contributed by atoms with van der Waals surface area (Å²) in [6, 6.07) is 9.92. The molecule has 0 aliphatic heterocycles. The molecule has 0 bridgehead atoms. The van der Waals surface area contributed by atoms with Gasteiger partial charge in [0.1, 0.15) is 0 Å². The van der Waals surface area contributed by atoms with Gasteiger partial charge in [-0.3, -0.25) is 0 Å². The molecule has 0 aliphatic carbocycles. The van der Waals surface area contributed by atoms with Crippen LogP contribution in [0.15, 0.2) is 42.6 Å². The SMILES string of the molecule is C=C[Si](Cl)(CN)c1ccccc1. The summed E-state index contributed by atoms with van der Waals surface area (Å²) in [6.45, 7) is 3.73. The Kier molecular flexibility index (Phi) is 3.09. The molecule has 0 saturated heterocycles. The van der Waals surface area contributed by atoms with Crippen LogP contribution in [0.4, 0.5) is 0 Å². The van der Waals surface area contributed by atoms with Crippen LogP contribution in [0.25, 0.3) is 0 Å². The van der Waals surface area contributed by atoms with Crippen LogP contribution >= 0.6 is 11.1 Å². The number of rotatable bonds is 3. The Hall–Kier alpha value is -0.573. The Labute approximate surface area is 78.6 Å². The van der Waals surface area contributed by atoms with Gasteiger partial charge in [0.05, 0.1) is 0 Å². The van der Waals surface area contributed by atoms with E-state index in [-0.39, 0.29) is 0 Å². The normalized spacial score (nSPS) is 15.2. The Morgan fingerprint density at radius 2 is 2.00 bits per heavy atom. The Bertz CT molecular complexity index is 262. The molecule has 0 fully saturated rings. The molecule has 12 heavy (non-hydrogen) atoms. The van der Waals surface area contributed by atoms with Crippen LogP contribution in [0.2, 0.25) is 0 Å². The zero-order valence-corrected chi connectivity index (χ0v) is 8.59. The first-order chi connectivity index (χ1) is 5.73. The third-order valence-corrected chi connectivity index (χ3v) is 5.99. The quantitative estimate of drug-likeness (QED) is 0.574. The van der Waals surface area contributed by atoms with Gasteiger partial charge in [0.2, 0.25) is 7.38 Å². The van der Waals surface area contributed by atoms with Crippen LogP contribution < -0.4 is 10.9 Å². The minimum absolute atomic E-state index is 0.502. The van der Waals surface area contributed by atoms with E-state index in [1.165, 1.54) is 0 Å². The van der Waals surface area contributed by atoms with Gasteiger partial charge < -0.3 is 5.73 Å². The molecule has 1 aromatic rings. The third kappa shape index (κ3) is 1.77. The summed E-state index contributed by atoms with van der Waals surface area (Å²) in [5.41, 5.74) is 7.42. The van der Waals surface area contributed by atoms with Gasteiger partial charge in [-0.15, -0.1) is 6.58 Å². The minimum Gasteiger partial charge on any atom is -0.331 e. The summed E-state index contributed by atoms with van der Waals surface area (Å²) in [4.78, 5) is 0. The predicted molar refractivity (Wildman–Crippen MR) is 56.9 cm³/mol. The van der Waals surface area contributed by atoms with Crippen LogP contribution in [0.3, 0.4) is 0 Å². The molecule has 1 rings (SSSR count). The van der Waals surface area contributed by atoms with Crippen molar-refractivity contribution in [3.05, 3.63) is 42.6 Å². The summed E-state index contributed by atoms with van der Waals surface area (Å²) < 4.78 is 0. The van der Waals surface area contributed by atoms with Gasteiger partial charge >= 0.3 is 0 Å². The lowest BCUT2D eigenvalue weighted by atomic mass is 10.4. The second-order valence-corrected chi connectivity index (χ2v) is 7.78. The lowest BCUT2D eigenvalue weighted by Crippen LogP contribution is -2.47. The van der Waals surface area contributed by atoms with Gasteiger partial charge in [0, 0.05) is 6.17 Å². The third-order valence-electron chi connectivity index (χ3n) is 1.87. The fourth-order valence-corrected chi connectivity index (χ4v) is 2.80. The smallest absolute Gasteiger partial charge is 0.222 e. The van der Waals surface area contributed by atoms with Crippen LogP contribution in [-0.4, -0.2) is 13.6 Å². The highest BCUT2D eigenvalue weighted by Crippen LogP contribution is 2.08. The molecule has 0 saturated carbocycles. The van der Waals surface area contributed by atoms with Crippen molar-refractivity contribution in [1.29, 1.82) is 0 Å². The van der Waals surface area contributed by atoms with Gasteiger partial charge in [-0.25, -0.2) is 0 Å². The summed E-state index contributed by atoms with van der Waals surface area (Å²) >= 11 is 6.33. The van der Waals surface area contributed by atoms with E-state index in [1.807, 2.05) is 36.0 Å². The highest BCUT2D eigenvalue weighted by atomic mass is 35.6. The van der Waals surface area contributed by atoms with Crippen molar-refractivity contribution in [3.63, 3.8) is 0 Å². The maximum Gasteiger partial charge on any atom is 0.222 e. The average molecular weight is 198 g/mol. The van der Waals surface area contributed by atoms with E-state index in [4.69, 9.17) is 16.8 Å². The molecule has 3 heteroatoms. The zero-order chi connectivity index (χ0) is 9.03. The molecule has 1 unspecified atom stereocenters. The average Bonchev–Trinajstić information content (AvgIpc) is 2.18. The molecule has 0 amide bonds. The van der Waals surface area contributed by atoms with Crippen LogP contribution in [0, 0.1) is 0 Å². The van der Waals surface area contributed by atoms with E-state index in [1.54, 1.807) is 0 Å². The summed E-state index contributed by atoms with van der Waals surface area (Å²) in [5.74, 6) is 0. The first-order valence-electron chi connectivity index (χ1n) is 3.81. The standard InChI is InChI=1S/C9H12ClNSi/c1-2-12(10,8-11)9-6-4-3-5-7-9/h2-7H,1,8,11H2.